The van der Waals surface area contributed by atoms with E-state index in [2.05, 4.69) is 32.3 Å². The zero-order valence-corrected chi connectivity index (χ0v) is 18.9. The van der Waals surface area contributed by atoms with Gasteiger partial charge < -0.3 is 20.3 Å². The molecule has 6 nitrogen and oxygen atoms in total. The molecule has 3 atom stereocenters. The number of hydrogen-bond donors (Lipinski definition) is 2. The minimum atomic E-state index is 0. The average Bonchev–Trinajstić information content (AvgIpc) is 3.10. The lowest BCUT2D eigenvalue weighted by Crippen LogP contribution is -2.51. The van der Waals surface area contributed by atoms with Crippen LogP contribution in [0.1, 0.15) is 45.4 Å². The molecule has 7 heteroatoms. The number of nitrogens with zero attached hydrogens (tertiary/aromatic N) is 3. The summed E-state index contributed by atoms with van der Waals surface area (Å²) < 4.78 is 6.01. The Morgan fingerprint density at radius 3 is 2.85 bits per heavy atom. The second-order valence-electron chi connectivity index (χ2n) is 7.86. The van der Waals surface area contributed by atoms with Gasteiger partial charge in [-0.2, -0.15) is 0 Å². The SMILES string of the molecule is CN=C(NCCCN1CCCCC1C)NCC1CN2CCCC2CO1.I. The average molecular weight is 479 g/mol. The van der Waals surface area contributed by atoms with Crippen LogP contribution in [0.2, 0.25) is 0 Å². The largest absolute Gasteiger partial charge is 0.373 e. The molecular formula is C19H38IN5O. The van der Waals surface area contributed by atoms with Gasteiger partial charge >= 0.3 is 0 Å². The summed E-state index contributed by atoms with van der Waals surface area (Å²) in [5, 5.41) is 6.89. The number of aliphatic imine (C=N–C) groups is 1. The fourth-order valence-corrected chi connectivity index (χ4v) is 4.42. The van der Waals surface area contributed by atoms with Crippen molar-refractivity contribution in [2.75, 3.05) is 52.9 Å². The third kappa shape index (κ3) is 6.49. The fourth-order valence-electron chi connectivity index (χ4n) is 4.42. The Morgan fingerprint density at radius 1 is 1.15 bits per heavy atom. The van der Waals surface area contributed by atoms with E-state index in [1.165, 1.54) is 58.2 Å². The molecule has 3 aliphatic rings. The fraction of sp³-hybridized carbons (Fsp3) is 0.947. The van der Waals surface area contributed by atoms with Crippen molar-refractivity contribution in [1.29, 1.82) is 0 Å². The first-order chi connectivity index (χ1) is 12.3. The molecule has 0 aromatic heterocycles. The zero-order valence-electron chi connectivity index (χ0n) is 16.6. The predicted octanol–water partition coefficient (Wildman–Crippen LogP) is 1.90. The van der Waals surface area contributed by atoms with Gasteiger partial charge in [0.25, 0.3) is 0 Å². The molecule has 3 saturated heterocycles. The highest BCUT2D eigenvalue weighted by Crippen LogP contribution is 2.22. The van der Waals surface area contributed by atoms with E-state index < -0.39 is 0 Å². The van der Waals surface area contributed by atoms with Gasteiger partial charge in [-0.25, -0.2) is 0 Å². The number of likely N-dealkylation sites (tertiary alicyclic amines) is 1. The van der Waals surface area contributed by atoms with E-state index in [0.717, 1.165) is 38.2 Å². The van der Waals surface area contributed by atoms with E-state index in [0.29, 0.717) is 6.04 Å². The van der Waals surface area contributed by atoms with Gasteiger partial charge in [0.05, 0.1) is 12.7 Å². The molecule has 152 valence electrons. The van der Waals surface area contributed by atoms with Crippen LogP contribution in [0.4, 0.5) is 0 Å². The van der Waals surface area contributed by atoms with Crippen LogP contribution < -0.4 is 10.6 Å². The number of nitrogens with one attached hydrogen (secondary N) is 2. The number of ether oxygens (including phenoxy) is 1. The highest BCUT2D eigenvalue weighted by molar-refractivity contribution is 14.0. The van der Waals surface area contributed by atoms with Crippen molar-refractivity contribution in [3.8, 4) is 0 Å². The Bertz CT molecular complexity index is 436. The van der Waals surface area contributed by atoms with E-state index in [1.807, 2.05) is 7.05 Å². The number of halogens is 1. The van der Waals surface area contributed by atoms with Crippen molar-refractivity contribution >= 4 is 29.9 Å². The van der Waals surface area contributed by atoms with Crippen LogP contribution in [0, 0.1) is 0 Å². The van der Waals surface area contributed by atoms with Crippen molar-refractivity contribution < 1.29 is 4.74 Å². The first kappa shape index (κ1) is 22.2. The molecule has 3 fully saturated rings. The third-order valence-electron chi connectivity index (χ3n) is 6.04. The minimum Gasteiger partial charge on any atom is -0.373 e. The summed E-state index contributed by atoms with van der Waals surface area (Å²) in [6.07, 6.45) is 8.19. The molecule has 3 aliphatic heterocycles. The van der Waals surface area contributed by atoms with Crippen LogP contribution in [0.3, 0.4) is 0 Å². The van der Waals surface area contributed by atoms with Crippen molar-refractivity contribution in [3.63, 3.8) is 0 Å². The maximum absolute atomic E-state index is 6.01. The van der Waals surface area contributed by atoms with E-state index in [1.54, 1.807) is 0 Å². The second-order valence-corrected chi connectivity index (χ2v) is 7.86. The van der Waals surface area contributed by atoms with Crippen molar-refractivity contribution in [1.82, 2.24) is 20.4 Å². The maximum Gasteiger partial charge on any atom is 0.191 e. The Hall–Kier alpha value is -0.120. The van der Waals surface area contributed by atoms with Gasteiger partial charge in [-0.1, -0.05) is 6.42 Å². The Morgan fingerprint density at radius 2 is 2.04 bits per heavy atom. The molecule has 0 aliphatic carbocycles. The summed E-state index contributed by atoms with van der Waals surface area (Å²) in [7, 11) is 1.85. The molecule has 0 aromatic carbocycles. The lowest BCUT2D eigenvalue weighted by molar-refractivity contribution is -0.0453. The predicted molar refractivity (Wildman–Crippen MR) is 119 cm³/mol. The third-order valence-corrected chi connectivity index (χ3v) is 6.04. The summed E-state index contributed by atoms with van der Waals surface area (Å²) in [5.74, 6) is 0.902. The van der Waals surface area contributed by atoms with Gasteiger partial charge in [-0.15, -0.1) is 24.0 Å². The van der Waals surface area contributed by atoms with E-state index in [-0.39, 0.29) is 30.1 Å². The first-order valence-electron chi connectivity index (χ1n) is 10.3. The topological polar surface area (TPSA) is 52.1 Å². The number of hydrogen-bond acceptors (Lipinski definition) is 4. The smallest absolute Gasteiger partial charge is 0.191 e. The quantitative estimate of drug-likeness (QED) is 0.264. The van der Waals surface area contributed by atoms with Gasteiger partial charge in [-0.3, -0.25) is 9.89 Å². The molecular weight excluding hydrogens is 441 g/mol. The molecule has 0 saturated carbocycles. The summed E-state index contributed by atoms with van der Waals surface area (Å²) in [4.78, 5) is 9.57. The van der Waals surface area contributed by atoms with Crippen LogP contribution in [0.25, 0.3) is 0 Å². The van der Waals surface area contributed by atoms with E-state index in [9.17, 15) is 0 Å². The van der Waals surface area contributed by atoms with Gasteiger partial charge in [0.2, 0.25) is 0 Å². The summed E-state index contributed by atoms with van der Waals surface area (Å²) >= 11 is 0. The minimum absolute atomic E-state index is 0. The highest BCUT2D eigenvalue weighted by atomic mass is 127. The van der Waals surface area contributed by atoms with Crippen LogP contribution in [0.15, 0.2) is 4.99 Å². The molecule has 0 radical (unpaired) electrons. The zero-order chi connectivity index (χ0) is 17.5. The lowest BCUT2D eigenvalue weighted by atomic mass is 10.0. The Labute approximate surface area is 176 Å². The molecule has 3 unspecified atom stereocenters. The van der Waals surface area contributed by atoms with Gasteiger partial charge in [-0.05, 0) is 52.1 Å². The molecule has 3 rings (SSSR count). The van der Waals surface area contributed by atoms with Gasteiger partial charge in [0.1, 0.15) is 0 Å². The molecule has 0 bridgehead atoms. The van der Waals surface area contributed by atoms with Crippen LogP contribution in [-0.4, -0.2) is 86.9 Å². The summed E-state index contributed by atoms with van der Waals surface area (Å²) in [6.45, 7) is 9.83. The van der Waals surface area contributed by atoms with Gasteiger partial charge in [0.15, 0.2) is 5.96 Å². The standard InChI is InChI=1S/C19H37N5O.HI/c1-16-7-3-4-10-23(16)12-6-9-21-19(20-2)22-13-18-14-24-11-5-8-17(24)15-25-18;/h16-18H,3-15H2,1-2H3,(H2,20,21,22);1H. The van der Waals surface area contributed by atoms with Crippen LogP contribution in [0.5, 0.6) is 0 Å². The monoisotopic (exact) mass is 479 g/mol. The number of guanidine groups is 1. The second kappa shape index (κ2) is 11.7. The molecule has 0 spiro atoms. The Kier molecular flexibility index (Phi) is 9.94. The van der Waals surface area contributed by atoms with Crippen molar-refractivity contribution in [2.24, 2.45) is 4.99 Å². The molecule has 0 amide bonds. The maximum atomic E-state index is 6.01. The van der Waals surface area contributed by atoms with Crippen LogP contribution in [-0.2, 0) is 4.74 Å². The number of rotatable bonds is 6. The molecule has 0 aromatic rings. The summed E-state index contributed by atoms with van der Waals surface area (Å²) in [6, 6.07) is 1.43. The number of piperidine rings is 1. The van der Waals surface area contributed by atoms with Crippen molar-refractivity contribution in [2.45, 2.75) is 63.6 Å². The number of morpholine rings is 1. The molecule has 2 N–H and O–H groups in total. The van der Waals surface area contributed by atoms with Crippen molar-refractivity contribution in [3.05, 3.63) is 0 Å². The summed E-state index contributed by atoms with van der Waals surface area (Å²) in [5.41, 5.74) is 0. The normalized spacial score (nSPS) is 30.5. The molecule has 3 heterocycles. The highest BCUT2D eigenvalue weighted by Gasteiger charge is 2.32. The Balaban J connectivity index is 0.00000243. The van der Waals surface area contributed by atoms with Gasteiger partial charge in [0, 0.05) is 45.3 Å². The van der Waals surface area contributed by atoms with E-state index in [4.69, 9.17) is 4.74 Å². The van der Waals surface area contributed by atoms with Crippen LogP contribution >= 0.6 is 24.0 Å². The van der Waals surface area contributed by atoms with E-state index >= 15 is 0 Å². The molecule has 26 heavy (non-hydrogen) atoms. The first-order valence-corrected chi connectivity index (χ1v) is 10.3. The number of fused-ring (bicyclic) bond motifs is 1. The lowest BCUT2D eigenvalue weighted by Gasteiger charge is -2.35.